The van der Waals surface area contributed by atoms with Crippen LogP contribution in [0.2, 0.25) is 0 Å². The van der Waals surface area contributed by atoms with Gasteiger partial charge in [-0.25, -0.2) is 14.4 Å². The lowest BCUT2D eigenvalue weighted by Gasteiger charge is -2.33. The summed E-state index contributed by atoms with van der Waals surface area (Å²) in [5, 5.41) is 69.2. The van der Waals surface area contributed by atoms with E-state index in [0.717, 1.165) is 9.13 Å². The molecule has 2 fully saturated rings. The van der Waals surface area contributed by atoms with Crippen molar-refractivity contribution in [1.29, 1.82) is 0 Å². The quantitative estimate of drug-likeness (QED) is 0.0375. The molecule has 396 valence electrons. The average molecular weight is 1120 g/mol. The molecule has 1 heterocycles. The van der Waals surface area contributed by atoms with E-state index in [1.807, 2.05) is 29.2 Å². The average Bonchev–Trinajstić information content (AvgIpc) is 3.29. The van der Waals surface area contributed by atoms with Gasteiger partial charge in [-0.05, 0) is 97.6 Å². The molecule has 0 bridgehead atoms. The van der Waals surface area contributed by atoms with E-state index >= 15 is 0 Å². The van der Waals surface area contributed by atoms with Crippen molar-refractivity contribution in [3.63, 3.8) is 0 Å². The second-order valence-corrected chi connectivity index (χ2v) is 19.1. The first-order chi connectivity index (χ1) is 33.7. The molecule has 2 aliphatic rings. The number of carbonyl (C=O) groups excluding carboxylic acids is 4. The number of halogens is 1. The summed E-state index contributed by atoms with van der Waals surface area (Å²) in [6.45, 7) is 1.77. The van der Waals surface area contributed by atoms with Crippen LogP contribution < -0.4 is 26.6 Å². The summed E-state index contributed by atoms with van der Waals surface area (Å²) < 4.78 is 0.931. The van der Waals surface area contributed by atoms with Crippen molar-refractivity contribution in [2.75, 3.05) is 91.6 Å². The second-order valence-electron chi connectivity index (χ2n) is 17.8. The molecular formula is C45H68IN9O16. The Morgan fingerprint density at radius 3 is 1.54 bits per heavy atom. The zero-order valence-electron chi connectivity index (χ0n) is 39.6. The third-order valence-electron chi connectivity index (χ3n) is 12.2. The van der Waals surface area contributed by atoms with E-state index in [4.69, 9.17) is 5.11 Å². The minimum Gasteiger partial charge on any atom is -0.481 e. The number of nitrogens with one attached hydrogen (secondary N) is 5. The number of carboxylic acids is 6. The van der Waals surface area contributed by atoms with Gasteiger partial charge in [-0.1, -0.05) is 12.1 Å². The topological polar surface area (TPSA) is 365 Å². The molecule has 1 aliphatic carbocycles. The molecule has 3 rings (SSSR count). The van der Waals surface area contributed by atoms with Crippen molar-refractivity contribution in [3.8, 4) is 0 Å². The van der Waals surface area contributed by atoms with Gasteiger partial charge in [0.1, 0.15) is 18.1 Å². The van der Waals surface area contributed by atoms with Gasteiger partial charge in [-0.3, -0.25) is 53.2 Å². The van der Waals surface area contributed by atoms with E-state index in [1.54, 1.807) is 14.7 Å². The molecule has 3 atom stereocenters. The standard InChI is InChI=1S/C45H68IN9O16/c46-32-5-3-4-30(22-32)23-35(42(66)47-13-2-1-6-33(43(67)68)50-45(71)51-34(44(69)70)11-12-37(57)58)49-41(65)31-9-7-29(8-10-31)24-48-36(56)25-52-14-16-53(26-38(59)60)18-20-55(28-40(63)64)21-19-54(17-15-52)27-39(61)62/h3-5,22,29,31,33-35H,1-2,6-21,23-28H2,(H,47,66)(H,48,56)(H,49,65)(H,57,58)(H,59,60)(H,61,62)(H,63,64)(H,67,68)(H,69,70)(H2,50,51,71)/t29-,31-,33-,34-,35-/m0/s1. The number of hydrogen-bond donors (Lipinski definition) is 11. The van der Waals surface area contributed by atoms with Crippen LogP contribution in [0.15, 0.2) is 24.3 Å². The van der Waals surface area contributed by atoms with Crippen molar-refractivity contribution < 1.29 is 78.6 Å². The molecule has 1 aliphatic heterocycles. The highest BCUT2D eigenvalue weighted by Crippen LogP contribution is 2.29. The first-order valence-electron chi connectivity index (χ1n) is 23.6. The Kier molecular flexibility index (Phi) is 26.5. The second kappa shape index (κ2) is 31.6. The normalized spacial score (nSPS) is 19.0. The summed E-state index contributed by atoms with van der Waals surface area (Å²) in [5.41, 5.74) is 0.811. The number of nitrogens with zero attached hydrogens (tertiary/aromatic N) is 4. The van der Waals surface area contributed by atoms with E-state index in [9.17, 15) is 73.5 Å². The van der Waals surface area contributed by atoms with Gasteiger partial charge in [0.25, 0.3) is 0 Å². The number of rotatable bonds is 27. The Morgan fingerprint density at radius 2 is 1.07 bits per heavy atom. The summed E-state index contributed by atoms with van der Waals surface area (Å²) in [6, 6.07) is 2.48. The molecule has 1 aromatic rings. The largest absolute Gasteiger partial charge is 0.481 e. The van der Waals surface area contributed by atoms with Crippen molar-refractivity contribution in [2.24, 2.45) is 11.8 Å². The lowest BCUT2D eigenvalue weighted by Crippen LogP contribution is -2.51. The molecule has 5 amide bonds. The maximum Gasteiger partial charge on any atom is 0.326 e. The number of carboxylic acid groups (broad SMARTS) is 6. The molecular weight excluding hydrogens is 1050 g/mol. The number of urea groups is 1. The van der Waals surface area contributed by atoms with Gasteiger partial charge in [0, 0.05) is 87.8 Å². The maximum absolute atomic E-state index is 13.7. The fourth-order valence-electron chi connectivity index (χ4n) is 8.28. The molecule has 26 heteroatoms. The number of benzene rings is 1. The molecule has 0 spiro atoms. The van der Waals surface area contributed by atoms with Gasteiger partial charge in [0.2, 0.25) is 17.7 Å². The molecule has 25 nitrogen and oxygen atoms in total. The molecule has 1 saturated carbocycles. The summed E-state index contributed by atoms with van der Waals surface area (Å²) in [4.78, 5) is 129. The van der Waals surface area contributed by atoms with E-state index in [-0.39, 0.29) is 109 Å². The first-order valence-corrected chi connectivity index (χ1v) is 24.6. The fraction of sp³-hybridized carbons (Fsp3) is 0.644. The molecule has 0 radical (unpaired) electrons. The smallest absolute Gasteiger partial charge is 0.326 e. The molecule has 1 saturated heterocycles. The van der Waals surface area contributed by atoms with Gasteiger partial charge in [-0.2, -0.15) is 0 Å². The van der Waals surface area contributed by atoms with Crippen LogP contribution in [0.4, 0.5) is 4.79 Å². The lowest BCUT2D eigenvalue weighted by atomic mass is 9.81. The van der Waals surface area contributed by atoms with Crippen LogP contribution in [0.1, 0.15) is 63.4 Å². The molecule has 11 N–H and O–H groups in total. The minimum atomic E-state index is -1.55. The third kappa shape index (κ3) is 24.8. The zero-order chi connectivity index (χ0) is 52.5. The van der Waals surface area contributed by atoms with E-state index < -0.39 is 84.6 Å². The number of carbonyl (C=O) groups is 10. The predicted octanol–water partition coefficient (Wildman–Crippen LogP) is -0.927. The van der Waals surface area contributed by atoms with Crippen molar-refractivity contribution in [2.45, 2.75) is 82.3 Å². The first kappa shape index (κ1) is 59.6. The molecule has 0 aromatic heterocycles. The van der Waals surface area contributed by atoms with Crippen molar-refractivity contribution >= 4 is 82.2 Å². The SMILES string of the molecule is O=C(O)CC[C@H](NC(=O)N[C@@H](CCCCNC(=O)[C@H](Cc1cccc(I)c1)NC(=O)[C@H]1CC[C@H](CNC(=O)CN2CCN(CC(=O)O)CCN(CC(=O)O)CCN(CC(=O)O)CC2)CC1)C(=O)O)C(=O)O. The summed E-state index contributed by atoms with van der Waals surface area (Å²) in [6.07, 6.45) is 1.99. The van der Waals surface area contributed by atoms with E-state index in [0.29, 0.717) is 51.7 Å². The van der Waals surface area contributed by atoms with Crippen LogP contribution in [-0.2, 0) is 49.6 Å². The van der Waals surface area contributed by atoms with Gasteiger partial charge in [0.05, 0.1) is 26.2 Å². The summed E-state index contributed by atoms with van der Waals surface area (Å²) in [7, 11) is 0. The summed E-state index contributed by atoms with van der Waals surface area (Å²) in [5.74, 6) is -8.62. The number of hydrogen-bond acceptors (Lipinski definition) is 14. The van der Waals surface area contributed by atoms with Crippen LogP contribution in [-0.4, -0.2) is 220 Å². The molecule has 71 heavy (non-hydrogen) atoms. The van der Waals surface area contributed by atoms with Gasteiger partial charge >= 0.3 is 41.8 Å². The van der Waals surface area contributed by atoms with Crippen LogP contribution in [0.3, 0.4) is 0 Å². The van der Waals surface area contributed by atoms with Gasteiger partial charge < -0.3 is 57.2 Å². The van der Waals surface area contributed by atoms with Crippen molar-refractivity contribution in [3.05, 3.63) is 33.4 Å². The Hall–Kier alpha value is -5.71. The highest BCUT2D eigenvalue weighted by molar-refractivity contribution is 14.1. The Morgan fingerprint density at radius 1 is 0.577 bits per heavy atom. The van der Waals surface area contributed by atoms with Crippen LogP contribution in [0, 0.1) is 15.4 Å². The molecule has 0 unspecified atom stereocenters. The van der Waals surface area contributed by atoms with Crippen LogP contribution in [0.25, 0.3) is 0 Å². The van der Waals surface area contributed by atoms with Crippen molar-refractivity contribution in [1.82, 2.24) is 46.2 Å². The molecule has 1 aromatic carbocycles. The Bertz CT molecular complexity index is 1960. The minimum absolute atomic E-state index is 0.0250. The predicted molar refractivity (Wildman–Crippen MR) is 260 cm³/mol. The fourth-order valence-corrected chi connectivity index (χ4v) is 8.89. The maximum atomic E-state index is 13.7. The third-order valence-corrected chi connectivity index (χ3v) is 12.9. The van der Waals surface area contributed by atoms with E-state index in [1.165, 1.54) is 0 Å². The highest BCUT2D eigenvalue weighted by atomic mass is 127. The lowest BCUT2D eigenvalue weighted by molar-refractivity contribution is -0.141. The van der Waals surface area contributed by atoms with Crippen LogP contribution in [0.5, 0.6) is 0 Å². The Balaban J connectivity index is 1.52. The van der Waals surface area contributed by atoms with E-state index in [2.05, 4.69) is 49.2 Å². The zero-order valence-corrected chi connectivity index (χ0v) is 41.8. The summed E-state index contributed by atoms with van der Waals surface area (Å²) >= 11 is 2.15. The number of amides is 5. The van der Waals surface area contributed by atoms with Gasteiger partial charge in [-0.15, -0.1) is 0 Å². The number of unbranched alkanes of at least 4 members (excludes halogenated alkanes) is 1. The monoisotopic (exact) mass is 1120 g/mol. The Labute approximate surface area is 424 Å². The van der Waals surface area contributed by atoms with Crippen LogP contribution >= 0.6 is 22.6 Å². The number of aliphatic carboxylic acids is 6. The highest BCUT2D eigenvalue weighted by Gasteiger charge is 2.31. The van der Waals surface area contributed by atoms with Gasteiger partial charge in [0.15, 0.2) is 0 Å².